The molecule has 2 rings (SSSR count). The van der Waals surface area contributed by atoms with E-state index in [1.54, 1.807) is 0 Å². The van der Waals surface area contributed by atoms with Gasteiger partial charge < -0.3 is 5.01 Å². The van der Waals surface area contributed by atoms with E-state index in [0.29, 0.717) is 0 Å². The van der Waals surface area contributed by atoms with Gasteiger partial charge in [-0.15, -0.1) is 0 Å². The number of aryl methyl sites for hydroxylation is 3. The summed E-state index contributed by atoms with van der Waals surface area (Å²) in [4.78, 5) is 0. The van der Waals surface area contributed by atoms with Crippen LogP contribution in [0.25, 0.3) is 0 Å². The van der Waals surface area contributed by atoms with Gasteiger partial charge in [-0.25, -0.2) is 5.84 Å². The summed E-state index contributed by atoms with van der Waals surface area (Å²) in [5.74, 6) is 5.90. The molecule has 0 aromatic heterocycles. The Kier molecular flexibility index (Phi) is 2.00. The molecular weight excluding hydrogens is 160 g/mol. The first-order valence-electron chi connectivity index (χ1n) is 4.81. The lowest BCUT2D eigenvalue weighted by atomic mass is 9.98. The van der Waals surface area contributed by atoms with E-state index in [0.717, 1.165) is 6.54 Å². The summed E-state index contributed by atoms with van der Waals surface area (Å²) >= 11 is 0. The van der Waals surface area contributed by atoms with Crippen LogP contribution in [0.3, 0.4) is 0 Å². The molecule has 1 aliphatic rings. The van der Waals surface area contributed by atoms with Gasteiger partial charge >= 0.3 is 0 Å². The Hall–Kier alpha value is -1.02. The van der Waals surface area contributed by atoms with E-state index in [4.69, 9.17) is 5.84 Å². The fourth-order valence-electron chi connectivity index (χ4n) is 1.89. The number of hydrogen-bond acceptors (Lipinski definition) is 2. The molecule has 0 amide bonds. The molecule has 0 saturated heterocycles. The molecule has 2 nitrogen and oxygen atoms in total. The first kappa shape index (κ1) is 8.57. The van der Waals surface area contributed by atoms with E-state index in [2.05, 4.69) is 26.0 Å². The maximum absolute atomic E-state index is 5.90. The first-order chi connectivity index (χ1) is 6.18. The summed E-state index contributed by atoms with van der Waals surface area (Å²) in [7, 11) is 0. The minimum atomic E-state index is 0.982. The van der Waals surface area contributed by atoms with Crippen LogP contribution < -0.4 is 10.9 Å². The van der Waals surface area contributed by atoms with Crippen LogP contribution in [0.15, 0.2) is 12.1 Å². The van der Waals surface area contributed by atoms with Crippen molar-refractivity contribution in [2.24, 2.45) is 5.84 Å². The summed E-state index contributed by atoms with van der Waals surface area (Å²) in [6.07, 6.45) is 2.34. The second-order valence-electron chi connectivity index (χ2n) is 3.86. The number of nitrogens with zero attached hydrogens (tertiary/aromatic N) is 1. The molecule has 0 bridgehead atoms. The highest BCUT2D eigenvalue weighted by molar-refractivity contribution is 5.57. The molecule has 0 unspecified atom stereocenters. The van der Waals surface area contributed by atoms with E-state index >= 15 is 0 Å². The SMILES string of the molecule is Cc1cc2c(cc1C)N(N)CCC2. The van der Waals surface area contributed by atoms with E-state index in [1.165, 1.54) is 35.2 Å². The van der Waals surface area contributed by atoms with Gasteiger partial charge in [-0.3, -0.25) is 0 Å². The summed E-state index contributed by atoms with van der Waals surface area (Å²) in [5, 5.41) is 1.87. The second-order valence-corrected chi connectivity index (χ2v) is 3.86. The average Bonchev–Trinajstić information content (AvgIpc) is 2.09. The lowest BCUT2D eigenvalue weighted by Crippen LogP contribution is -2.35. The van der Waals surface area contributed by atoms with Crippen molar-refractivity contribution in [3.63, 3.8) is 0 Å². The number of benzene rings is 1. The molecule has 70 valence electrons. The van der Waals surface area contributed by atoms with E-state index in [1.807, 2.05) is 5.01 Å². The number of fused-ring (bicyclic) bond motifs is 1. The number of hydrazine groups is 1. The third-order valence-electron chi connectivity index (χ3n) is 2.85. The molecule has 13 heavy (non-hydrogen) atoms. The highest BCUT2D eigenvalue weighted by Gasteiger charge is 2.14. The lowest BCUT2D eigenvalue weighted by molar-refractivity contribution is 0.712. The smallest absolute Gasteiger partial charge is 0.0551 e. The molecule has 1 aromatic carbocycles. The molecule has 0 radical (unpaired) electrons. The van der Waals surface area contributed by atoms with Crippen molar-refractivity contribution in [2.45, 2.75) is 26.7 Å². The summed E-state index contributed by atoms with van der Waals surface area (Å²) < 4.78 is 0. The maximum atomic E-state index is 5.90. The Labute approximate surface area is 79.3 Å². The van der Waals surface area contributed by atoms with Crippen LogP contribution >= 0.6 is 0 Å². The predicted octanol–water partition coefficient (Wildman–Crippen LogP) is 1.93. The minimum absolute atomic E-state index is 0.982. The van der Waals surface area contributed by atoms with Gasteiger partial charge in [0.05, 0.1) is 5.69 Å². The zero-order valence-corrected chi connectivity index (χ0v) is 8.30. The van der Waals surface area contributed by atoms with Gasteiger partial charge in [-0.05, 0) is 49.4 Å². The third-order valence-corrected chi connectivity index (χ3v) is 2.85. The van der Waals surface area contributed by atoms with Crippen LogP contribution in [0.1, 0.15) is 23.1 Å². The van der Waals surface area contributed by atoms with Gasteiger partial charge in [0.2, 0.25) is 0 Å². The zero-order chi connectivity index (χ0) is 9.42. The van der Waals surface area contributed by atoms with Crippen molar-refractivity contribution in [3.05, 3.63) is 28.8 Å². The highest BCUT2D eigenvalue weighted by atomic mass is 15.4. The van der Waals surface area contributed by atoms with Crippen LogP contribution in [0.4, 0.5) is 5.69 Å². The van der Waals surface area contributed by atoms with Crippen LogP contribution in [0, 0.1) is 13.8 Å². The van der Waals surface area contributed by atoms with E-state index in [-0.39, 0.29) is 0 Å². The Bertz CT molecular complexity index is 331. The molecule has 0 spiro atoms. The fraction of sp³-hybridized carbons (Fsp3) is 0.455. The van der Waals surface area contributed by atoms with Crippen molar-refractivity contribution >= 4 is 5.69 Å². The van der Waals surface area contributed by atoms with Crippen LogP contribution in [-0.4, -0.2) is 6.54 Å². The summed E-state index contributed by atoms with van der Waals surface area (Å²) in [6.45, 7) is 5.28. The Morgan fingerprint density at radius 1 is 1.23 bits per heavy atom. The number of hydrogen-bond donors (Lipinski definition) is 1. The molecule has 1 heterocycles. The lowest BCUT2D eigenvalue weighted by Gasteiger charge is -2.27. The summed E-state index contributed by atoms with van der Waals surface area (Å²) in [6, 6.07) is 4.47. The molecular formula is C11H16N2. The zero-order valence-electron chi connectivity index (χ0n) is 8.30. The molecule has 0 aliphatic carbocycles. The summed E-state index contributed by atoms with van der Waals surface area (Å²) in [5.41, 5.74) is 5.32. The number of anilines is 1. The van der Waals surface area contributed by atoms with Crippen molar-refractivity contribution < 1.29 is 0 Å². The quantitative estimate of drug-likeness (QED) is 0.612. The van der Waals surface area contributed by atoms with E-state index < -0.39 is 0 Å². The highest BCUT2D eigenvalue weighted by Crippen LogP contribution is 2.27. The fourth-order valence-corrected chi connectivity index (χ4v) is 1.89. The third kappa shape index (κ3) is 1.42. The van der Waals surface area contributed by atoms with Crippen molar-refractivity contribution in [2.75, 3.05) is 11.6 Å². The monoisotopic (exact) mass is 176 g/mol. The molecule has 2 N–H and O–H groups in total. The van der Waals surface area contributed by atoms with Crippen LogP contribution in [-0.2, 0) is 6.42 Å². The van der Waals surface area contributed by atoms with Crippen LogP contribution in [0.5, 0.6) is 0 Å². The largest absolute Gasteiger partial charge is 0.311 e. The van der Waals surface area contributed by atoms with Crippen LogP contribution in [0.2, 0.25) is 0 Å². The van der Waals surface area contributed by atoms with E-state index in [9.17, 15) is 0 Å². The Morgan fingerprint density at radius 2 is 1.92 bits per heavy atom. The van der Waals surface area contributed by atoms with Gasteiger partial charge in [0, 0.05) is 6.54 Å². The van der Waals surface area contributed by atoms with Crippen molar-refractivity contribution in [3.8, 4) is 0 Å². The standard InChI is InChI=1S/C11H16N2/c1-8-6-10-4-3-5-13(12)11(10)7-9(8)2/h6-7H,3-5,12H2,1-2H3. The van der Waals surface area contributed by atoms with Crippen molar-refractivity contribution in [1.82, 2.24) is 0 Å². The van der Waals surface area contributed by atoms with Gasteiger partial charge in [0.1, 0.15) is 0 Å². The molecule has 2 heteroatoms. The average molecular weight is 176 g/mol. The van der Waals surface area contributed by atoms with Gasteiger partial charge in [0.15, 0.2) is 0 Å². The predicted molar refractivity (Wildman–Crippen MR) is 55.8 cm³/mol. The number of rotatable bonds is 0. The molecule has 0 atom stereocenters. The normalized spacial score (nSPS) is 15.8. The first-order valence-corrected chi connectivity index (χ1v) is 4.81. The molecule has 0 fully saturated rings. The second kappa shape index (κ2) is 3.04. The molecule has 1 aliphatic heterocycles. The number of nitrogens with two attached hydrogens (primary N) is 1. The topological polar surface area (TPSA) is 29.3 Å². The maximum Gasteiger partial charge on any atom is 0.0551 e. The molecule has 1 aromatic rings. The minimum Gasteiger partial charge on any atom is -0.311 e. The van der Waals surface area contributed by atoms with Gasteiger partial charge in [-0.1, -0.05) is 6.07 Å². The Morgan fingerprint density at radius 3 is 2.69 bits per heavy atom. The molecule has 0 saturated carbocycles. The van der Waals surface area contributed by atoms with Crippen molar-refractivity contribution in [1.29, 1.82) is 0 Å². The van der Waals surface area contributed by atoms with Gasteiger partial charge in [-0.2, -0.15) is 0 Å². The Balaban J connectivity index is 2.52. The van der Waals surface area contributed by atoms with Gasteiger partial charge in [0.25, 0.3) is 0 Å².